The molecule has 1 aliphatic heterocycles. The maximum atomic E-state index is 13.4. The Morgan fingerprint density at radius 1 is 1.19 bits per heavy atom. The Balaban J connectivity index is 1.67. The van der Waals surface area contributed by atoms with Crippen LogP contribution in [-0.4, -0.2) is 33.5 Å². The summed E-state index contributed by atoms with van der Waals surface area (Å²) in [6, 6.07) is 3.32. The number of halogens is 2. The Hall–Kier alpha value is -1.04. The highest BCUT2D eigenvalue weighted by molar-refractivity contribution is 5.18. The number of unbranched alkanes of at least 4 members (excludes halogenated alkanes) is 1. The average Bonchev–Trinajstić information content (AvgIpc) is 3.03. The molecular formula is C22H33F2NO2. The van der Waals surface area contributed by atoms with Gasteiger partial charge >= 0.3 is 0 Å². The topological polar surface area (TPSA) is 52.5 Å². The van der Waals surface area contributed by atoms with Crippen LogP contribution in [0.15, 0.2) is 18.2 Å². The zero-order valence-corrected chi connectivity index (χ0v) is 16.3. The van der Waals surface area contributed by atoms with Crippen LogP contribution >= 0.6 is 0 Å². The third kappa shape index (κ3) is 5.27. The van der Waals surface area contributed by atoms with E-state index in [9.17, 15) is 19.0 Å². The highest BCUT2D eigenvalue weighted by Gasteiger charge is 2.49. The molecule has 3 unspecified atom stereocenters. The summed E-state index contributed by atoms with van der Waals surface area (Å²) in [6.07, 6.45) is 8.66. The summed E-state index contributed by atoms with van der Waals surface area (Å²) in [7, 11) is 0. The molecular weight excluding hydrogens is 348 g/mol. The zero-order valence-electron chi connectivity index (χ0n) is 16.3. The molecule has 0 radical (unpaired) electrons. The van der Waals surface area contributed by atoms with Crippen LogP contribution < -0.4 is 5.32 Å². The molecule has 1 saturated heterocycles. The highest BCUT2D eigenvalue weighted by Crippen LogP contribution is 2.44. The minimum atomic E-state index is -0.734. The van der Waals surface area contributed by atoms with E-state index >= 15 is 0 Å². The van der Waals surface area contributed by atoms with Crippen molar-refractivity contribution in [1.82, 2.24) is 5.32 Å². The number of aliphatic hydroxyl groups excluding tert-OH is 1. The smallest absolute Gasteiger partial charge is 0.126 e. The van der Waals surface area contributed by atoms with E-state index in [1.165, 1.54) is 12.1 Å². The van der Waals surface area contributed by atoms with Crippen molar-refractivity contribution in [3.63, 3.8) is 0 Å². The first-order valence-corrected chi connectivity index (χ1v) is 10.5. The third-order valence-corrected chi connectivity index (χ3v) is 6.43. The molecule has 1 spiro atoms. The van der Waals surface area contributed by atoms with Crippen LogP contribution in [0, 0.1) is 11.6 Å². The van der Waals surface area contributed by atoms with Crippen molar-refractivity contribution in [3.05, 3.63) is 35.4 Å². The van der Waals surface area contributed by atoms with Crippen LogP contribution in [0.1, 0.15) is 76.7 Å². The van der Waals surface area contributed by atoms with Gasteiger partial charge in [-0.25, -0.2) is 8.78 Å². The number of nitrogens with one attached hydrogen (secondary N) is 1. The van der Waals surface area contributed by atoms with Crippen LogP contribution in [0.5, 0.6) is 0 Å². The highest BCUT2D eigenvalue weighted by atomic mass is 19.1. The second-order valence-corrected chi connectivity index (χ2v) is 8.83. The largest absolute Gasteiger partial charge is 0.391 e. The standard InChI is InChI=1S/C22H33F2NO2/c1-2-3-10-22(27)14-19(25-21(15-22)8-4-5-9-21)20(26)7-6-16-11-17(23)13-18(24)12-16/h11-13,19-20,25-27H,2-10,14-15H2,1H3. The molecule has 2 aliphatic rings. The molecule has 0 aromatic heterocycles. The molecule has 0 amide bonds. The predicted octanol–water partition coefficient (Wildman–Crippen LogP) is 4.24. The maximum Gasteiger partial charge on any atom is 0.126 e. The molecule has 3 N–H and O–H groups in total. The van der Waals surface area contributed by atoms with E-state index in [0.717, 1.165) is 57.4 Å². The van der Waals surface area contributed by atoms with Gasteiger partial charge in [0.25, 0.3) is 0 Å². The van der Waals surface area contributed by atoms with Crippen molar-refractivity contribution in [1.29, 1.82) is 0 Å². The minimum absolute atomic E-state index is 0.0721. The molecule has 3 rings (SSSR count). The summed E-state index contributed by atoms with van der Waals surface area (Å²) in [5.41, 5.74) is -0.251. The molecule has 1 aliphatic carbocycles. The number of aryl methyl sites for hydroxylation is 1. The van der Waals surface area contributed by atoms with Crippen molar-refractivity contribution in [3.8, 4) is 0 Å². The summed E-state index contributed by atoms with van der Waals surface area (Å²) < 4.78 is 26.8. The van der Waals surface area contributed by atoms with Gasteiger partial charge in [0.1, 0.15) is 11.6 Å². The number of aliphatic hydroxyl groups is 2. The summed E-state index contributed by atoms with van der Waals surface area (Å²) in [4.78, 5) is 0. The lowest BCUT2D eigenvalue weighted by Crippen LogP contribution is -2.63. The van der Waals surface area contributed by atoms with Gasteiger partial charge in [-0.1, -0.05) is 32.6 Å². The second kappa shape index (κ2) is 8.54. The van der Waals surface area contributed by atoms with E-state index in [-0.39, 0.29) is 11.6 Å². The van der Waals surface area contributed by atoms with Crippen molar-refractivity contribution < 1.29 is 19.0 Å². The number of piperidine rings is 1. The molecule has 3 atom stereocenters. The first-order chi connectivity index (χ1) is 12.8. The fourth-order valence-corrected chi connectivity index (χ4v) is 5.18. The monoisotopic (exact) mass is 381 g/mol. The first kappa shape index (κ1) is 20.7. The number of benzene rings is 1. The van der Waals surface area contributed by atoms with E-state index in [0.29, 0.717) is 24.8 Å². The van der Waals surface area contributed by atoms with E-state index in [1.807, 2.05) is 0 Å². The van der Waals surface area contributed by atoms with Gasteiger partial charge < -0.3 is 15.5 Å². The van der Waals surface area contributed by atoms with Gasteiger partial charge in [-0.05, 0) is 62.6 Å². The number of hydrogen-bond acceptors (Lipinski definition) is 3. The fraction of sp³-hybridized carbons (Fsp3) is 0.727. The van der Waals surface area contributed by atoms with E-state index in [2.05, 4.69) is 12.2 Å². The summed E-state index contributed by atoms with van der Waals surface area (Å²) >= 11 is 0. The normalized spacial score (nSPS) is 28.6. The molecule has 0 bridgehead atoms. The van der Waals surface area contributed by atoms with Crippen LogP contribution in [0.25, 0.3) is 0 Å². The first-order valence-electron chi connectivity index (χ1n) is 10.5. The SMILES string of the molecule is CCCCC1(O)CC(C(O)CCc2cc(F)cc(F)c2)NC2(CCCC2)C1. The molecule has 1 saturated carbocycles. The fourth-order valence-electron chi connectivity index (χ4n) is 5.18. The predicted molar refractivity (Wildman–Crippen MR) is 103 cm³/mol. The van der Waals surface area contributed by atoms with Gasteiger partial charge in [0.15, 0.2) is 0 Å². The Kier molecular flexibility index (Phi) is 6.54. The maximum absolute atomic E-state index is 13.4. The lowest BCUT2D eigenvalue weighted by molar-refractivity contribution is -0.0729. The van der Waals surface area contributed by atoms with Crippen molar-refractivity contribution >= 4 is 0 Å². The van der Waals surface area contributed by atoms with Crippen LogP contribution in [0.4, 0.5) is 8.78 Å². The Morgan fingerprint density at radius 3 is 2.48 bits per heavy atom. The Labute approximate surface area is 161 Å². The van der Waals surface area contributed by atoms with E-state index in [4.69, 9.17) is 0 Å². The molecule has 152 valence electrons. The van der Waals surface area contributed by atoms with Gasteiger partial charge in [-0.3, -0.25) is 0 Å². The minimum Gasteiger partial charge on any atom is -0.391 e. The quantitative estimate of drug-likeness (QED) is 0.662. The molecule has 1 aromatic carbocycles. The lowest BCUT2D eigenvalue weighted by Gasteiger charge is -2.49. The molecule has 3 nitrogen and oxygen atoms in total. The second-order valence-electron chi connectivity index (χ2n) is 8.83. The van der Waals surface area contributed by atoms with Crippen LogP contribution in [0.2, 0.25) is 0 Å². The van der Waals surface area contributed by atoms with Gasteiger partial charge in [-0.2, -0.15) is 0 Å². The number of rotatable bonds is 7. The van der Waals surface area contributed by atoms with E-state index < -0.39 is 23.3 Å². The third-order valence-electron chi connectivity index (χ3n) is 6.43. The van der Waals surface area contributed by atoms with Gasteiger partial charge in [0.2, 0.25) is 0 Å². The Morgan fingerprint density at radius 2 is 1.85 bits per heavy atom. The van der Waals surface area contributed by atoms with Crippen molar-refractivity contribution in [2.45, 2.75) is 101 Å². The van der Waals surface area contributed by atoms with Crippen molar-refractivity contribution in [2.75, 3.05) is 0 Å². The average molecular weight is 382 g/mol. The van der Waals surface area contributed by atoms with Gasteiger partial charge in [0.05, 0.1) is 11.7 Å². The molecule has 5 heteroatoms. The van der Waals surface area contributed by atoms with Gasteiger partial charge in [-0.15, -0.1) is 0 Å². The molecule has 27 heavy (non-hydrogen) atoms. The molecule has 2 fully saturated rings. The Bertz CT molecular complexity index is 612. The summed E-state index contributed by atoms with van der Waals surface area (Å²) in [5.74, 6) is -1.18. The van der Waals surface area contributed by atoms with E-state index in [1.54, 1.807) is 0 Å². The van der Waals surface area contributed by atoms with Crippen LogP contribution in [0.3, 0.4) is 0 Å². The summed E-state index contributed by atoms with van der Waals surface area (Å²) in [5, 5.41) is 25.7. The van der Waals surface area contributed by atoms with Gasteiger partial charge in [0, 0.05) is 17.6 Å². The lowest BCUT2D eigenvalue weighted by atomic mass is 9.71. The number of hydrogen-bond donors (Lipinski definition) is 3. The molecule has 1 aromatic rings. The van der Waals surface area contributed by atoms with Crippen molar-refractivity contribution in [2.24, 2.45) is 0 Å². The molecule has 1 heterocycles. The van der Waals surface area contributed by atoms with Crippen LogP contribution in [-0.2, 0) is 6.42 Å². The zero-order chi connectivity index (χ0) is 19.5. The summed E-state index contributed by atoms with van der Waals surface area (Å²) in [6.45, 7) is 2.13.